The van der Waals surface area contributed by atoms with Gasteiger partial charge in [-0.1, -0.05) is 18.2 Å². The summed E-state index contributed by atoms with van der Waals surface area (Å²) >= 11 is 0. The normalized spacial score (nSPS) is 12.0. The number of H-pyrrole nitrogens is 1. The van der Waals surface area contributed by atoms with E-state index in [2.05, 4.69) is 21.4 Å². The number of rotatable bonds is 5. The Labute approximate surface area is 176 Å². The number of phenolic OH excluding ortho intramolecular Hbond substituents is 1. The molecule has 2 aromatic carbocycles. The van der Waals surface area contributed by atoms with Crippen LogP contribution in [0, 0.1) is 20.8 Å². The van der Waals surface area contributed by atoms with Crippen LogP contribution in [0.1, 0.15) is 34.0 Å². The summed E-state index contributed by atoms with van der Waals surface area (Å²) in [6.45, 7) is 5.99. The lowest BCUT2D eigenvalue weighted by molar-refractivity contribution is -0.361. The average Bonchev–Trinajstić information content (AvgIpc) is 2.73. The summed E-state index contributed by atoms with van der Waals surface area (Å²) in [6.07, 6.45) is 1.90. The lowest BCUT2D eigenvalue weighted by atomic mass is 9.94. The highest BCUT2D eigenvalue weighted by Gasteiger charge is 2.25. The van der Waals surface area contributed by atoms with Crippen molar-refractivity contribution in [1.82, 2.24) is 4.98 Å². The van der Waals surface area contributed by atoms with Gasteiger partial charge in [0.05, 0.1) is 13.3 Å². The number of nitrogens with one attached hydrogen (secondary N) is 2. The molecule has 30 heavy (non-hydrogen) atoms. The first-order valence-corrected chi connectivity index (χ1v) is 9.95. The maximum atomic E-state index is 11.2. The third kappa shape index (κ3) is 3.79. The quantitative estimate of drug-likeness (QED) is 0.500. The number of methoxy groups -OCH3 is 1. The Bertz CT molecular complexity index is 1220. The van der Waals surface area contributed by atoms with Crippen molar-refractivity contribution in [2.75, 3.05) is 12.4 Å². The van der Waals surface area contributed by atoms with E-state index < -0.39 is 0 Å². The highest BCUT2D eigenvalue weighted by atomic mass is 16.5. The summed E-state index contributed by atoms with van der Waals surface area (Å²) in [7, 11) is 1.67. The summed E-state index contributed by atoms with van der Waals surface area (Å²) in [5.74, 6) is 1.89. The summed E-state index contributed by atoms with van der Waals surface area (Å²) in [5, 5.41) is 15.6. The van der Waals surface area contributed by atoms with Crippen LogP contribution in [0.4, 0.5) is 5.82 Å². The van der Waals surface area contributed by atoms with Gasteiger partial charge in [0.25, 0.3) is 5.82 Å². The molecule has 0 bridgehead atoms. The maximum Gasteiger partial charge on any atom is 0.273 e. The Morgan fingerprint density at radius 2 is 1.80 bits per heavy atom. The molecule has 5 heteroatoms. The number of hydrogen-bond donors (Lipinski definition) is 2. The molecule has 5 nitrogen and oxygen atoms in total. The van der Waals surface area contributed by atoms with Crippen molar-refractivity contribution in [3.05, 3.63) is 88.7 Å². The second-order valence-electron chi connectivity index (χ2n) is 7.61. The molecular formula is C25H26N3O2+. The standard InChI is InChI=1S/C25H25N3O2/c1-15-11-12-26-22(13-15)28-23(19-8-10-21(30-4)16(2)14-19)20-9-7-18-6-5-17(3)27-24(18)25(20)29/h5-14,23,29H,1-4H3,(H,26,28)/p+1/t23-/m1/s1. The Morgan fingerprint density at radius 3 is 2.53 bits per heavy atom. The minimum atomic E-state index is -0.278. The number of fused-ring (bicyclic) bond motifs is 1. The number of aryl methyl sites for hydroxylation is 3. The van der Waals surface area contributed by atoms with Gasteiger partial charge in [-0.15, -0.1) is 0 Å². The van der Waals surface area contributed by atoms with E-state index in [0.29, 0.717) is 5.52 Å². The third-order valence-corrected chi connectivity index (χ3v) is 5.33. The molecule has 1 atom stereocenters. The number of aromatic hydroxyl groups is 1. The lowest BCUT2D eigenvalue weighted by Crippen LogP contribution is -2.19. The Kier molecular flexibility index (Phi) is 5.27. The fourth-order valence-electron chi connectivity index (χ4n) is 3.76. The smallest absolute Gasteiger partial charge is 0.273 e. The predicted molar refractivity (Wildman–Crippen MR) is 119 cm³/mol. The molecule has 0 spiro atoms. The number of benzene rings is 2. The molecule has 4 aromatic rings. The topological polar surface area (TPSA) is 68.5 Å². The number of anilines is 1. The molecule has 4 rings (SSSR count). The molecule has 2 heterocycles. The van der Waals surface area contributed by atoms with Crippen molar-refractivity contribution >= 4 is 16.7 Å². The first kappa shape index (κ1) is 19.7. The van der Waals surface area contributed by atoms with E-state index in [-0.39, 0.29) is 11.8 Å². The third-order valence-electron chi connectivity index (χ3n) is 5.33. The zero-order chi connectivity index (χ0) is 21.3. The summed E-state index contributed by atoms with van der Waals surface area (Å²) in [6, 6.07) is 17.7. The highest BCUT2D eigenvalue weighted by Crippen LogP contribution is 2.37. The number of pyridine rings is 2. The minimum absolute atomic E-state index is 0.190. The second kappa shape index (κ2) is 8.03. The Morgan fingerprint density at radius 1 is 1.00 bits per heavy atom. The van der Waals surface area contributed by atoms with Crippen molar-refractivity contribution in [2.45, 2.75) is 26.8 Å². The van der Waals surface area contributed by atoms with E-state index in [4.69, 9.17) is 4.74 Å². The van der Waals surface area contributed by atoms with Gasteiger partial charge in [-0.3, -0.25) is 5.32 Å². The van der Waals surface area contributed by atoms with Crippen molar-refractivity contribution in [1.29, 1.82) is 0 Å². The van der Waals surface area contributed by atoms with Gasteiger partial charge in [0.15, 0.2) is 0 Å². The van der Waals surface area contributed by atoms with E-state index in [9.17, 15) is 5.11 Å². The van der Waals surface area contributed by atoms with Gasteiger partial charge >= 0.3 is 0 Å². The van der Waals surface area contributed by atoms with Gasteiger partial charge < -0.3 is 9.84 Å². The maximum absolute atomic E-state index is 11.2. The van der Waals surface area contributed by atoms with Gasteiger partial charge in [0.2, 0.25) is 0 Å². The number of phenols is 1. The number of ether oxygens (including phenoxy) is 1. The van der Waals surface area contributed by atoms with Gasteiger partial charge in [0, 0.05) is 28.3 Å². The van der Waals surface area contributed by atoms with Gasteiger partial charge in [-0.25, -0.2) is 9.97 Å². The van der Waals surface area contributed by atoms with Crippen molar-refractivity contribution in [3.63, 3.8) is 0 Å². The van der Waals surface area contributed by atoms with Crippen LogP contribution in [0.15, 0.2) is 60.8 Å². The zero-order valence-electron chi connectivity index (χ0n) is 17.7. The van der Waals surface area contributed by atoms with Gasteiger partial charge in [0.1, 0.15) is 23.1 Å². The van der Waals surface area contributed by atoms with Gasteiger partial charge in [-0.05, 0) is 62.2 Å². The molecule has 0 saturated carbocycles. The van der Waals surface area contributed by atoms with Crippen LogP contribution in [-0.4, -0.2) is 17.2 Å². The van der Waals surface area contributed by atoms with E-state index in [1.807, 2.05) is 75.5 Å². The van der Waals surface area contributed by atoms with Crippen LogP contribution in [0.3, 0.4) is 0 Å². The van der Waals surface area contributed by atoms with Crippen LogP contribution in [0.25, 0.3) is 10.9 Å². The summed E-state index contributed by atoms with van der Waals surface area (Å²) in [5.41, 5.74) is 5.43. The molecule has 3 N–H and O–H groups in total. The van der Waals surface area contributed by atoms with Crippen LogP contribution in [0.5, 0.6) is 11.5 Å². The highest BCUT2D eigenvalue weighted by molar-refractivity contribution is 5.86. The molecule has 0 aliphatic heterocycles. The molecule has 0 unspecified atom stereocenters. The predicted octanol–water partition coefficient (Wildman–Crippen LogP) is 4.89. The van der Waals surface area contributed by atoms with Crippen molar-refractivity contribution in [2.24, 2.45) is 0 Å². The van der Waals surface area contributed by atoms with Crippen LogP contribution >= 0.6 is 0 Å². The molecule has 0 radical (unpaired) electrons. The van der Waals surface area contributed by atoms with Crippen molar-refractivity contribution in [3.8, 4) is 11.5 Å². The zero-order valence-corrected chi connectivity index (χ0v) is 17.7. The monoisotopic (exact) mass is 400 g/mol. The molecule has 2 aromatic heterocycles. The Hall–Kier alpha value is -3.60. The molecule has 0 aliphatic carbocycles. The second-order valence-corrected chi connectivity index (χ2v) is 7.61. The molecule has 0 aliphatic rings. The number of nitrogens with zero attached hydrogens (tertiary/aromatic N) is 1. The minimum Gasteiger partial charge on any atom is -0.505 e. The number of aromatic nitrogens is 2. The number of hydrogen-bond acceptors (Lipinski definition) is 4. The molecule has 0 amide bonds. The number of aromatic amines is 1. The first-order valence-electron chi connectivity index (χ1n) is 9.95. The largest absolute Gasteiger partial charge is 0.505 e. The van der Waals surface area contributed by atoms with E-state index in [1.54, 1.807) is 7.11 Å². The van der Waals surface area contributed by atoms with E-state index >= 15 is 0 Å². The summed E-state index contributed by atoms with van der Waals surface area (Å²) in [4.78, 5) is 7.82. The molecule has 152 valence electrons. The van der Waals surface area contributed by atoms with Crippen LogP contribution in [-0.2, 0) is 0 Å². The van der Waals surface area contributed by atoms with E-state index in [0.717, 1.165) is 44.9 Å². The van der Waals surface area contributed by atoms with Crippen LogP contribution < -0.4 is 15.0 Å². The molecular weight excluding hydrogens is 374 g/mol. The Balaban J connectivity index is 1.87. The SMILES string of the molecule is COc1ccc([C@@H](Nc2cc(C)cc[nH+]2)c2ccc3ccc(C)nc3c2O)cc1C. The van der Waals surface area contributed by atoms with Crippen LogP contribution in [0.2, 0.25) is 0 Å². The fourth-order valence-corrected chi connectivity index (χ4v) is 3.76. The molecule has 0 fully saturated rings. The summed E-state index contributed by atoms with van der Waals surface area (Å²) < 4.78 is 5.43. The van der Waals surface area contributed by atoms with Crippen molar-refractivity contribution < 1.29 is 14.8 Å². The fraction of sp³-hybridized carbons (Fsp3) is 0.200. The molecule has 0 saturated heterocycles. The average molecular weight is 401 g/mol. The van der Waals surface area contributed by atoms with E-state index in [1.165, 1.54) is 0 Å². The van der Waals surface area contributed by atoms with Gasteiger partial charge in [-0.2, -0.15) is 0 Å². The first-order chi connectivity index (χ1) is 14.5. The lowest BCUT2D eigenvalue weighted by Gasteiger charge is -2.19.